The largest absolute Gasteiger partial charge is 0.473 e. The Morgan fingerprint density at radius 3 is 2.62 bits per heavy atom. The minimum absolute atomic E-state index is 0.415. The van der Waals surface area contributed by atoms with Crippen LogP contribution in [0.5, 0.6) is 5.88 Å². The molecule has 0 aliphatic heterocycles. The van der Waals surface area contributed by atoms with E-state index in [0.717, 1.165) is 11.1 Å². The van der Waals surface area contributed by atoms with Gasteiger partial charge >= 0.3 is 0 Å². The van der Waals surface area contributed by atoms with E-state index in [0.29, 0.717) is 18.4 Å². The summed E-state index contributed by atoms with van der Waals surface area (Å²) in [7, 11) is 0. The summed E-state index contributed by atoms with van der Waals surface area (Å²) in [6, 6.07) is 13.8. The highest BCUT2D eigenvalue weighted by molar-refractivity contribution is 6.17. The van der Waals surface area contributed by atoms with Crippen LogP contribution in [0.2, 0.25) is 0 Å². The zero-order chi connectivity index (χ0) is 11.2. The van der Waals surface area contributed by atoms with E-state index in [1.807, 2.05) is 42.5 Å². The van der Waals surface area contributed by atoms with E-state index < -0.39 is 0 Å². The molecule has 0 aliphatic carbocycles. The Balaban J connectivity index is 2.05. The predicted octanol–water partition coefficient (Wildman–Crippen LogP) is 3.40. The minimum Gasteiger partial charge on any atom is -0.473 e. The Morgan fingerprint density at radius 2 is 1.88 bits per heavy atom. The molecule has 16 heavy (non-hydrogen) atoms. The first-order chi connectivity index (χ1) is 7.90. The second kappa shape index (κ2) is 5.52. The first-order valence-corrected chi connectivity index (χ1v) is 5.60. The van der Waals surface area contributed by atoms with Crippen LogP contribution in [0.25, 0.3) is 0 Å². The van der Waals surface area contributed by atoms with Crippen LogP contribution in [0.1, 0.15) is 11.1 Å². The molecule has 0 N–H and O–H groups in total. The van der Waals surface area contributed by atoms with Crippen molar-refractivity contribution in [2.24, 2.45) is 0 Å². The SMILES string of the molecule is ClCc1cccnc1OCc1ccccc1. The van der Waals surface area contributed by atoms with Gasteiger partial charge in [0.25, 0.3) is 0 Å². The molecule has 82 valence electrons. The molecule has 0 bridgehead atoms. The second-order valence-corrected chi connectivity index (χ2v) is 3.64. The summed E-state index contributed by atoms with van der Waals surface area (Å²) >= 11 is 5.79. The molecule has 0 atom stereocenters. The molecule has 2 rings (SSSR count). The summed E-state index contributed by atoms with van der Waals surface area (Å²) in [5, 5.41) is 0. The number of alkyl halides is 1. The van der Waals surface area contributed by atoms with E-state index in [-0.39, 0.29) is 0 Å². The molecule has 0 saturated heterocycles. The fourth-order valence-electron chi connectivity index (χ4n) is 1.38. The van der Waals surface area contributed by atoms with E-state index in [9.17, 15) is 0 Å². The first kappa shape index (κ1) is 11.0. The van der Waals surface area contributed by atoms with Crippen molar-refractivity contribution in [1.29, 1.82) is 0 Å². The number of hydrogen-bond acceptors (Lipinski definition) is 2. The molecule has 0 radical (unpaired) electrons. The number of halogens is 1. The summed E-state index contributed by atoms with van der Waals surface area (Å²) in [6.07, 6.45) is 1.70. The van der Waals surface area contributed by atoms with Gasteiger partial charge in [0, 0.05) is 11.8 Å². The third kappa shape index (κ3) is 2.74. The molecule has 2 nitrogen and oxygen atoms in total. The quantitative estimate of drug-likeness (QED) is 0.756. The lowest BCUT2D eigenvalue weighted by Crippen LogP contribution is -1.99. The standard InChI is InChI=1S/C13H12ClNO/c14-9-12-7-4-8-15-13(12)16-10-11-5-2-1-3-6-11/h1-8H,9-10H2. The number of aromatic nitrogens is 1. The number of nitrogens with zero attached hydrogens (tertiary/aromatic N) is 1. The van der Waals surface area contributed by atoms with E-state index in [2.05, 4.69) is 4.98 Å². The van der Waals surface area contributed by atoms with E-state index in [1.54, 1.807) is 6.20 Å². The van der Waals surface area contributed by atoms with Crippen LogP contribution in [-0.4, -0.2) is 4.98 Å². The fourth-order valence-corrected chi connectivity index (χ4v) is 1.59. The Hall–Kier alpha value is -1.54. The molecule has 1 heterocycles. The van der Waals surface area contributed by atoms with Crippen LogP contribution in [0, 0.1) is 0 Å². The topological polar surface area (TPSA) is 22.1 Å². The van der Waals surface area contributed by atoms with Crippen molar-refractivity contribution in [3.63, 3.8) is 0 Å². The Bertz CT molecular complexity index is 445. The van der Waals surface area contributed by atoms with Gasteiger partial charge in [0.1, 0.15) is 6.61 Å². The third-order valence-corrected chi connectivity index (χ3v) is 2.50. The maximum Gasteiger partial charge on any atom is 0.218 e. The van der Waals surface area contributed by atoms with Gasteiger partial charge in [-0.1, -0.05) is 36.4 Å². The molecule has 0 amide bonds. The maximum atomic E-state index is 5.79. The number of pyridine rings is 1. The first-order valence-electron chi connectivity index (χ1n) is 5.06. The van der Waals surface area contributed by atoms with Gasteiger partial charge in [-0.05, 0) is 11.6 Å². The third-order valence-electron chi connectivity index (χ3n) is 2.21. The fraction of sp³-hybridized carbons (Fsp3) is 0.154. The number of ether oxygens (including phenoxy) is 1. The molecule has 1 aromatic heterocycles. The molecule has 0 saturated carbocycles. The number of rotatable bonds is 4. The number of benzene rings is 1. The molecule has 2 aromatic rings. The summed E-state index contributed by atoms with van der Waals surface area (Å²) < 4.78 is 5.62. The molecular formula is C13H12ClNO. The molecule has 0 aliphatic rings. The van der Waals surface area contributed by atoms with Crippen molar-refractivity contribution in [2.75, 3.05) is 0 Å². The van der Waals surface area contributed by atoms with Crippen molar-refractivity contribution < 1.29 is 4.74 Å². The molecule has 0 unspecified atom stereocenters. The Kier molecular flexibility index (Phi) is 3.78. The van der Waals surface area contributed by atoms with Crippen molar-refractivity contribution in [2.45, 2.75) is 12.5 Å². The average molecular weight is 234 g/mol. The lowest BCUT2D eigenvalue weighted by molar-refractivity contribution is 0.291. The van der Waals surface area contributed by atoms with Crippen molar-refractivity contribution in [1.82, 2.24) is 4.98 Å². The highest BCUT2D eigenvalue weighted by atomic mass is 35.5. The Labute approximate surface area is 99.9 Å². The van der Waals surface area contributed by atoms with Gasteiger partial charge in [-0.15, -0.1) is 11.6 Å². The summed E-state index contributed by atoms with van der Waals surface area (Å²) in [5.41, 5.74) is 2.04. The monoisotopic (exact) mass is 233 g/mol. The normalized spacial score (nSPS) is 10.1. The lowest BCUT2D eigenvalue weighted by atomic mass is 10.2. The molecule has 0 fully saturated rings. The van der Waals surface area contributed by atoms with E-state index >= 15 is 0 Å². The van der Waals surface area contributed by atoms with Crippen LogP contribution >= 0.6 is 11.6 Å². The van der Waals surface area contributed by atoms with Crippen LogP contribution < -0.4 is 4.74 Å². The van der Waals surface area contributed by atoms with Gasteiger partial charge in [0.05, 0.1) is 5.88 Å². The van der Waals surface area contributed by atoms with E-state index in [1.165, 1.54) is 0 Å². The van der Waals surface area contributed by atoms with Gasteiger partial charge in [-0.25, -0.2) is 4.98 Å². The average Bonchev–Trinajstić information content (AvgIpc) is 2.38. The molecular weight excluding hydrogens is 222 g/mol. The van der Waals surface area contributed by atoms with Gasteiger partial charge in [0.2, 0.25) is 5.88 Å². The minimum atomic E-state index is 0.415. The van der Waals surface area contributed by atoms with Gasteiger partial charge in [0.15, 0.2) is 0 Å². The molecule has 3 heteroatoms. The Morgan fingerprint density at radius 1 is 1.06 bits per heavy atom. The van der Waals surface area contributed by atoms with Gasteiger partial charge in [-0.3, -0.25) is 0 Å². The zero-order valence-electron chi connectivity index (χ0n) is 8.77. The van der Waals surface area contributed by atoms with Crippen LogP contribution in [0.15, 0.2) is 48.7 Å². The van der Waals surface area contributed by atoms with Gasteiger partial charge < -0.3 is 4.74 Å². The van der Waals surface area contributed by atoms with Crippen molar-refractivity contribution >= 4 is 11.6 Å². The zero-order valence-corrected chi connectivity index (χ0v) is 9.52. The van der Waals surface area contributed by atoms with Crippen molar-refractivity contribution in [3.8, 4) is 5.88 Å². The van der Waals surface area contributed by atoms with Crippen LogP contribution in [-0.2, 0) is 12.5 Å². The van der Waals surface area contributed by atoms with E-state index in [4.69, 9.17) is 16.3 Å². The highest BCUT2D eigenvalue weighted by Gasteiger charge is 2.03. The summed E-state index contributed by atoms with van der Waals surface area (Å²) in [4.78, 5) is 4.16. The molecule has 1 aromatic carbocycles. The van der Waals surface area contributed by atoms with Crippen LogP contribution in [0.3, 0.4) is 0 Å². The summed E-state index contributed by atoms with van der Waals surface area (Å²) in [6.45, 7) is 0.516. The van der Waals surface area contributed by atoms with Crippen LogP contribution in [0.4, 0.5) is 0 Å². The summed E-state index contributed by atoms with van der Waals surface area (Å²) in [5.74, 6) is 1.03. The lowest BCUT2D eigenvalue weighted by Gasteiger charge is -2.08. The van der Waals surface area contributed by atoms with Crippen molar-refractivity contribution in [3.05, 3.63) is 59.8 Å². The second-order valence-electron chi connectivity index (χ2n) is 3.38. The number of hydrogen-bond donors (Lipinski definition) is 0. The molecule has 0 spiro atoms. The highest BCUT2D eigenvalue weighted by Crippen LogP contribution is 2.17. The maximum absolute atomic E-state index is 5.79. The van der Waals surface area contributed by atoms with Gasteiger partial charge in [-0.2, -0.15) is 0 Å². The smallest absolute Gasteiger partial charge is 0.218 e. The predicted molar refractivity (Wildman–Crippen MR) is 64.6 cm³/mol.